The van der Waals surface area contributed by atoms with Crippen LogP contribution in [0.5, 0.6) is 0 Å². The van der Waals surface area contributed by atoms with Crippen molar-refractivity contribution in [2.75, 3.05) is 26.4 Å². The Morgan fingerprint density at radius 2 is 1.89 bits per heavy atom. The van der Waals surface area contributed by atoms with Crippen molar-refractivity contribution in [3.8, 4) is 0 Å². The number of rotatable bonds is 5. The minimum atomic E-state index is -0.0624. The molecule has 0 saturated carbocycles. The molecular weight excluding hydrogens is 226 g/mol. The maximum atomic E-state index is 9.39. The molecule has 100 valence electrons. The fourth-order valence-electron chi connectivity index (χ4n) is 2.39. The third kappa shape index (κ3) is 2.91. The highest BCUT2D eigenvalue weighted by atomic mass is 16.5. The Labute approximate surface area is 109 Å². The summed E-state index contributed by atoms with van der Waals surface area (Å²) in [4.78, 5) is 0. The highest BCUT2D eigenvalue weighted by Crippen LogP contribution is 2.27. The van der Waals surface area contributed by atoms with E-state index < -0.39 is 0 Å². The van der Waals surface area contributed by atoms with Crippen LogP contribution in [0.2, 0.25) is 0 Å². The molecule has 0 radical (unpaired) electrons. The van der Waals surface area contributed by atoms with E-state index in [1.165, 1.54) is 16.7 Å². The van der Waals surface area contributed by atoms with E-state index in [0.29, 0.717) is 19.3 Å². The van der Waals surface area contributed by atoms with E-state index in [4.69, 9.17) is 4.74 Å². The van der Waals surface area contributed by atoms with Gasteiger partial charge in [-0.05, 0) is 26.3 Å². The van der Waals surface area contributed by atoms with Crippen LogP contribution in [0.1, 0.15) is 29.7 Å². The average molecular weight is 249 g/mol. The molecule has 1 atom stereocenters. The maximum Gasteiger partial charge on any atom is 0.0579 e. The molecule has 0 aromatic heterocycles. The first-order chi connectivity index (χ1) is 8.54. The van der Waals surface area contributed by atoms with Gasteiger partial charge in [0.25, 0.3) is 0 Å². The highest BCUT2D eigenvalue weighted by molar-refractivity contribution is 5.30. The zero-order chi connectivity index (χ0) is 13.2. The predicted octanol–water partition coefficient (Wildman–Crippen LogP) is 1.96. The molecule has 0 aliphatic carbocycles. The van der Waals surface area contributed by atoms with Gasteiger partial charge in [-0.3, -0.25) is 0 Å². The molecular formula is C15H23NO2. The molecule has 1 aliphatic rings. The molecule has 1 heterocycles. The monoisotopic (exact) mass is 249 g/mol. The smallest absolute Gasteiger partial charge is 0.0579 e. The summed E-state index contributed by atoms with van der Waals surface area (Å²) in [5.41, 5.74) is 3.83. The zero-order valence-corrected chi connectivity index (χ0v) is 11.5. The molecule has 0 amide bonds. The first kappa shape index (κ1) is 13.5. The molecule has 1 fully saturated rings. The van der Waals surface area contributed by atoms with Crippen molar-refractivity contribution in [2.45, 2.75) is 26.8 Å². The van der Waals surface area contributed by atoms with Crippen molar-refractivity contribution < 1.29 is 9.84 Å². The third-order valence-corrected chi connectivity index (χ3v) is 3.68. The van der Waals surface area contributed by atoms with E-state index in [1.807, 2.05) is 0 Å². The van der Waals surface area contributed by atoms with Crippen LogP contribution in [0.25, 0.3) is 0 Å². The normalized spacial score (nSPS) is 19.3. The Hall–Kier alpha value is -0.900. The largest absolute Gasteiger partial charge is 0.396 e. The van der Waals surface area contributed by atoms with Crippen LogP contribution in [-0.4, -0.2) is 31.5 Å². The van der Waals surface area contributed by atoms with Crippen LogP contribution >= 0.6 is 0 Å². The second-order valence-corrected chi connectivity index (χ2v) is 5.67. The lowest BCUT2D eigenvalue weighted by Gasteiger charge is -2.40. The molecule has 3 heteroatoms. The molecule has 1 saturated heterocycles. The van der Waals surface area contributed by atoms with E-state index in [2.05, 4.69) is 44.3 Å². The fraction of sp³-hybridized carbons (Fsp3) is 0.600. The summed E-state index contributed by atoms with van der Waals surface area (Å²) >= 11 is 0. The second-order valence-electron chi connectivity index (χ2n) is 5.67. The molecule has 1 aromatic rings. The lowest BCUT2D eigenvalue weighted by atomic mass is 9.86. The van der Waals surface area contributed by atoms with Crippen LogP contribution in [0.4, 0.5) is 0 Å². The van der Waals surface area contributed by atoms with E-state index in [0.717, 1.165) is 6.54 Å². The van der Waals surface area contributed by atoms with Crippen molar-refractivity contribution in [1.29, 1.82) is 0 Å². The van der Waals surface area contributed by atoms with Crippen molar-refractivity contribution in [2.24, 2.45) is 5.41 Å². The first-order valence-electron chi connectivity index (χ1n) is 6.55. The summed E-state index contributed by atoms with van der Waals surface area (Å²) in [6, 6.07) is 6.92. The zero-order valence-electron chi connectivity index (χ0n) is 11.5. The molecule has 0 bridgehead atoms. The lowest BCUT2D eigenvalue weighted by Crippen LogP contribution is -2.52. The number of benzene rings is 1. The molecule has 2 N–H and O–H groups in total. The van der Waals surface area contributed by atoms with Gasteiger partial charge in [-0.25, -0.2) is 0 Å². The van der Waals surface area contributed by atoms with Gasteiger partial charge in [-0.1, -0.05) is 29.3 Å². The maximum absolute atomic E-state index is 9.39. The van der Waals surface area contributed by atoms with Crippen molar-refractivity contribution in [3.05, 3.63) is 34.9 Å². The van der Waals surface area contributed by atoms with Gasteiger partial charge in [0.2, 0.25) is 0 Å². The van der Waals surface area contributed by atoms with Crippen molar-refractivity contribution >= 4 is 0 Å². The number of aliphatic hydroxyl groups excluding tert-OH is 1. The van der Waals surface area contributed by atoms with Crippen molar-refractivity contribution in [3.63, 3.8) is 0 Å². The van der Waals surface area contributed by atoms with Crippen LogP contribution in [-0.2, 0) is 4.74 Å². The number of aliphatic hydroxyl groups is 1. The van der Waals surface area contributed by atoms with Gasteiger partial charge in [0.05, 0.1) is 25.2 Å². The Bertz CT molecular complexity index is 387. The second kappa shape index (κ2) is 5.39. The summed E-state index contributed by atoms with van der Waals surface area (Å²) in [5.74, 6) is 0. The summed E-state index contributed by atoms with van der Waals surface area (Å²) < 4.78 is 5.21. The summed E-state index contributed by atoms with van der Waals surface area (Å²) in [5, 5.41) is 12.9. The Morgan fingerprint density at radius 1 is 1.28 bits per heavy atom. The number of nitrogens with one attached hydrogen (secondary N) is 1. The van der Waals surface area contributed by atoms with Gasteiger partial charge in [-0.15, -0.1) is 0 Å². The predicted molar refractivity (Wildman–Crippen MR) is 72.7 cm³/mol. The minimum Gasteiger partial charge on any atom is -0.396 e. The molecule has 2 rings (SSSR count). The molecule has 3 nitrogen and oxygen atoms in total. The number of hydrogen-bond acceptors (Lipinski definition) is 3. The van der Waals surface area contributed by atoms with E-state index in [9.17, 15) is 5.11 Å². The van der Waals surface area contributed by atoms with Crippen molar-refractivity contribution in [1.82, 2.24) is 5.32 Å². The summed E-state index contributed by atoms with van der Waals surface area (Å²) in [6.45, 7) is 8.73. The summed E-state index contributed by atoms with van der Waals surface area (Å²) in [7, 11) is 0. The minimum absolute atomic E-state index is 0.0624. The molecule has 1 aliphatic heterocycles. The van der Waals surface area contributed by atoms with Crippen LogP contribution in [0.3, 0.4) is 0 Å². The Morgan fingerprint density at radius 3 is 2.33 bits per heavy atom. The quantitative estimate of drug-likeness (QED) is 0.838. The number of aryl methyl sites for hydroxylation is 2. The van der Waals surface area contributed by atoms with Gasteiger partial charge in [0.15, 0.2) is 0 Å². The van der Waals surface area contributed by atoms with Crippen LogP contribution < -0.4 is 5.32 Å². The van der Waals surface area contributed by atoms with E-state index >= 15 is 0 Å². The summed E-state index contributed by atoms with van der Waals surface area (Å²) in [6.07, 6.45) is 0. The van der Waals surface area contributed by atoms with Gasteiger partial charge < -0.3 is 15.2 Å². The molecule has 0 spiro atoms. The topological polar surface area (TPSA) is 41.5 Å². The standard InChI is InChI=1S/C15H23NO2/c1-11-4-12(2)6-14(5-11)13(3)16-7-15(8-17)9-18-10-15/h4-6,13,16-17H,7-10H2,1-3H3. The molecule has 1 aromatic carbocycles. The third-order valence-electron chi connectivity index (χ3n) is 3.68. The highest BCUT2D eigenvalue weighted by Gasteiger charge is 2.37. The average Bonchev–Trinajstić information content (AvgIpc) is 2.26. The van der Waals surface area contributed by atoms with Crippen LogP contribution in [0, 0.1) is 19.3 Å². The van der Waals surface area contributed by atoms with Gasteiger partial charge in [0.1, 0.15) is 0 Å². The molecule has 18 heavy (non-hydrogen) atoms. The first-order valence-corrected chi connectivity index (χ1v) is 6.55. The number of ether oxygens (including phenoxy) is 1. The van der Waals surface area contributed by atoms with Gasteiger partial charge in [0, 0.05) is 12.6 Å². The fourth-order valence-corrected chi connectivity index (χ4v) is 2.39. The van der Waals surface area contributed by atoms with E-state index in [1.54, 1.807) is 0 Å². The lowest BCUT2D eigenvalue weighted by molar-refractivity contribution is -0.135. The Kier molecular flexibility index (Phi) is 4.05. The van der Waals surface area contributed by atoms with Gasteiger partial charge in [-0.2, -0.15) is 0 Å². The SMILES string of the molecule is Cc1cc(C)cc(C(C)NCC2(CO)COC2)c1. The van der Waals surface area contributed by atoms with E-state index in [-0.39, 0.29) is 12.0 Å². The number of hydrogen-bond donors (Lipinski definition) is 2. The Balaban J connectivity index is 1.96. The van der Waals surface area contributed by atoms with Crippen LogP contribution in [0.15, 0.2) is 18.2 Å². The van der Waals surface area contributed by atoms with Gasteiger partial charge >= 0.3 is 0 Å². The molecule has 1 unspecified atom stereocenters.